The average molecular weight is 348 g/mol. The molecule has 1 aromatic carbocycles. The third kappa shape index (κ3) is 2.92. The number of aromatic nitrogens is 4. The molecule has 0 amide bonds. The zero-order valence-corrected chi connectivity index (χ0v) is 13.5. The predicted molar refractivity (Wildman–Crippen MR) is 88.9 cm³/mol. The number of anilines is 2. The molecule has 3 heterocycles. The van der Waals surface area contributed by atoms with Crippen LogP contribution in [-0.2, 0) is 4.74 Å². The molecule has 1 aliphatic rings. The number of imidazole rings is 1. The second kappa shape index (κ2) is 6.33. The quantitative estimate of drug-likeness (QED) is 0.724. The van der Waals surface area contributed by atoms with E-state index in [1.165, 1.54) is 0 Å². The molecule has 6 nitrogen and oxygen atoms in total. The molecule has 4 rings (SSSR count). The molecule has 8 heteroatoms. The summed E-state index contributed by atoms with van der Waals surface area (Å²) in [5.74, 6) is 0.314. The lowest BCUT2D eigenvalue weighted by Crippen LogP contribution is -2.18. The monoisotopic (exact) mass is 347 g/mol. The molecule has 3 aromatic rings. The van der Waals surface area contributed by atoms with Gasteiger partial charge in [0.1, 0.15) is 6.23 Å². The van der Waals surface area contributed by atoms with Gasteiger partial charge in [-0.1, -0.05) is 11.6 Å². The smallest absolute Gasteiger partial charge is 0.312 e. The summed E-state index contributed by atoms with van der Waals surface area (Å²) < 4.78 is 21.4. The van der Waals surface area contributed by atoms with E-state index in [-0.39, 0.29) is 6.23 Å². The maximum absolute atomic E-state index is 13.9. The minimum Gasteiger partial charge on any atom is -0.358 e. The Kier molecular flexibility index (Phi) is 4.03. The van der Waals surface area contributed by atoms with Crippen molar-refractivity contribution >= 4 is 34.3 Å². The zero-order chi connectivity index (χ0) is 16.5. The summed E-state index contributed by atoms with van der Waals surface area (Å²) in [5.41, 5.74) is 1.66. The van der Waals surface area contributed by atoms with Gasteiger partial charge in [-0.15, -0.1) is 0 Å². The van der Waals surface area contributed by atoms with Crippen molar-refractivity contribution in [1.82, 2.24) is 19.5 Å². The summed E-state index contributed by atoms with van der Waals surface area (Å²) in [4.78, 5) is 12.1. The predicted octanol–water partition coefficient (Wildman–Crippen LogP) is 4.06. The van der Waals surface area contributed by atoms with Crippen LogP contribution in [0.25, 0.3) is 11.2 Å². The van der Waals surface area contributed by atoms with Gasteiger partial charge in [0.25, 0.3) is 0 Å². The summed E-state index contributed by atoms with van der Waals surface area (Å²) in [6, 6.07) is 7.06. The molecule has 1 saturated heterocycles. The first-order chi connectivity index (χ1) is 11.7. The Morgan fingerprint density at radius 3 is 2.79 bits per heavy atom. The van der Waals surface area contributed by atoms with E-state index in [9.17, 15) is 4.39 Å². The molecule has 0 aliphatic carbocycles. The number of fused-ring (bicyclic) bond motifs is 1. The van der Waals surface area contributed by atoms with Gasteiger partial charge in [-0.05, 0) is 43.5 Å². The van der Waals surface area contributed by atoms with Gasteiger partial charge in [0.05, 0.1) is 6.33 Å². The van der Waals surface area contributed by atoms with Gasteiger partial charge in [0.15, 0.2) is 17.0 Å². The Labute approximate surface area is 142 Å². The molecule has 0 radical (unpaired) electrons. The molecule has 1 unspecified atom stereocenters. The number of ether oxygens (including phenoxy) is 1. The van der Waals surface area contributed by atoms with Crippen molar-refractivity contribution < 1.29 is 9.13 Å². The number of benzene rings is 1. The average Bonchev–Trinajstić information content (AvgIpc) is 3.01. The van der Waals surface area contributed by atoms with E-state index in [2.05, 4.69) is 20.3 Å². The van der Waals surface area contributed by atoms with Gasteiger partial charge in [-0.25, -0.2) is 4.98 Å². The van der Waals surface area contributed by atoms with Crippen LogP contribution in [0.2, 0.25) is 5.02 Å². The molecule has 0 bridgehead atoms. The van der Waals surface area contributed by atoms with Crippen molar-refractivity contribution in [1.29, 1.82) is 0 Å². The molecule has 1 N–H and O–H groups in total. The van der Waals surface area contributed by atoms with Gasteiger partial charge in [-0.2, -0.15) is 14.4 Å². The topological polar surface area (TPSA) is 64.9 Å². The van der Waals surface area contributed by atoms with Gasteiger partial charge in [0.2, 0.25) is 0 Å². The fourth-order valence-corrected chi connectivity index (χ4v) is 2.93. The van der Waals surface area contributed by atoms with Crippen LogP contribution in [-0.4, -0.2) is 26.1 Å². The Bertz CT molecular complexity index is 861. The van der Waals surface area contributed by atoms with E-state index in [0.29, 0.717) is 28.6 Å². The van der Waals surface area contributed by atoms with E-state index in [0.717, 1.165) is 24.9 Å². The van der Waals surface area contributed by atoms with Crippen LogP contribution in [0.1, 0.15) is 25.5 Å². The Balaban J connectivity index is 1.73. The summed E-state index contributed by atoms with van der Waals surface area (Å²) in [5, 5.41) is 3.69. The van der Waals surface area contributed by atoms with Gasteiger partial charge in [-0.3, -0.25) is 4.57 Å². The maximum Gasteiger partial charge on any atom is 0.312 e. The third-order valence-corrected chi connectivity index (χ3v) is 4.22. The molecule has 0 saturated carbocycles. The fourth-order valence-electron chi connectivity index (χ4n) is 2.80. The van der Waals surface area contributed by atoms with E-state index in [4.69, 9.17) is 16.3 Å². The number of nitrogens with one attached hydrogen (secondary N) is 1. The number of hydrogen-bond donors (Lipinski definition) is 1. The summed E-state index contributed by atoms with van der Waals surface area (Å²) in [6.07, 6.45) is 3.61. The van der Waals surface area contributed by atoms with Crippen LogP contribution >= 0.6 is 11.6 Å². The molecule has 24 heavy (non-hydrogen) atoms. The van der Waals surface area contributed by atoms with Crippen molar-refractivity contribution in [2.24, 2.45) is 0 Å². The second-order valence-corrected chi connectivity index (χ2v) is 6.05. The highest BCUT2D eigenvalue weighted by Crippen LogP contribution is 2.29. The standard InChI is InChI=1S/C16H15ClFN5O/c17-10-4-6-11(7-5-10)20-14-13-15(22-16(18)21-14)23(9-19-13)12-3-1-2-8-24-12/h4-7,9,12H,1-3,8H2,(H,20,21,22). The minimum absolute atomic E-state index is 0.165. The highest BCUT2D eigenvalue weighted by atomic mass is 35.5. The van der Waals surface area contributed by atoms with Crippen LogP contribution < -0.4 is 5.32 Å². The highest BCUT2D eigenvalue weighted by Gasteiger charge is 2.21. The van der Waals surface area contributed by atoms with Crippen LogP contribution in [0.15, 0.2) is 30.6 Å². The lowest BCUT2D eigenvalue weighted by Gasteiger charge is -2.23. The van der Waals surface area contributed by atoms with Gasteiger partial charge >= 0.3 is 6.08 Å². The first-order valence-electron chi connectivity index (χ1n) is 7.75. The molecule has 1 atom stereocenters. The van der Waals surface area contributed by atoms with E-state index in [1.54, 1.807) is 35.2 Å². The van der Waals surface area contributed by atoms with E-state index < -0.39 is 6.08 Å². The molecule has 1 fully saturated rings. The number of rotatable bonds is 3. The van der Waals surface area contributed by atoms with Crippen molar-refractivity contribution in [3.05, 3.63) is 41.7 Å². The summed E-state index contributed by atoms with van der Waals surface area (Å²) in [7, 11) is 0. The van der Waals surface area contributed by atoms with Crippen LogP contribution in [0.3, 0.4) is 0 Å². The normalized spacial score (nSPS) is 18.0. The first-order valence-corrected chi connectivity index (χ1v) is 8.13. The van der Waals surface area contributed by atoms with Crippen LogP contribution in [0, 0.1) is 6.08 Å². The third-order valence-electron chi connectivity index (χ3n) is 3.97. The number of halogens is 2. The SMILES string of the molecule is Fc1nc(Nc2ccc(Cl)cc2)c2ncn(C3CCCCO3)c2n1. The molecule has 124 valence electrons. The van der Waals surface area contributed by atoms with Crippen LogP contribution in [0.5, 0.6) is 0 Å². The van der Waals surface area contributed by atoms with Crippen molar-refractivity contribution in [2.45, 2.75) is 25.5 Å². The van der Waals surface area contributed by atoms with E-state index >= 15 is 0 Å². The maximum atomic E-state index is 13.9. The molecular weight excluding hydrogens is 333 g/mol. The minimum atomic E-state index is -0.809. The highest BCUT2D eigenvalue weighted by molar-refractivity contribution is 6.30. The largest absolute Gasteiger partial charge is 0.358 e. The fraction of sp³-hybridized carbons (Fsp3) is 0.312. The summed E-state index contributed by atoms with van der Waals surface area (Å²) >= 11 is 5.88. The Hall–Kier alpha value is -2.25. The Morgan fingerprint density at radius 1 is 1.21 bits per heavy atom. The number of hydrogen-bond acceptors (Lipinski definition) is 5. The molecule has 2 aromatic heterocycles. The second-order valence-electron chi connectivity index (χ2n) is 5.62. The summed E-state index contributed by atoms with van der Waals surface area (Å²) in [6.45, 7) is 0.688. The van der Waals surface area contributed by atoms with Crippen LogP contribution in [0.4, 0.5) is 15.9 Å². The molecule has 1 aliphatic heterocycles. The molecule has 0 spiro atoms. The first kappa shape index (κ1) is 15.3. The lowest BCUT2D eigenvalue weighted by atomic mass is 10.2. The van der Waals surface area contributed by atoms with Crippen molar-refractivity contribution in [3.8, 4) is 0 Å². The Morgan fingerprint density at radius 2 is 2.04 bits per heavy atom. The van der Waals surface area contributed by atoms with Gasteiger partial charge < -0.3 is 10.1 Å². The van der Waals surface area contributed by atoms with E-state index in [1.807, 2.05) is 0 Å². The molecular formula is C16H15ClFN5O. The lowest BCUT2D eigenvalue weighted by molar-refractivity contribution is -0.0298. The van der Waals surface area contributed by atoms with Crippen molar-refractivity contribution in [2.75, 3.05) is 11.9 Å². The van der Waals surface area contributed by atoms with Gasteiger partial charge in [0, 0.05) is 17.3 Å². The zero-order valence-electron chi connectivity index (χ0n) is 12.7. The van der Waals surface area contributed by atoms with Crippen molar-refractivity contribution in [3.63, 3.8) is 0 Å². The number of nitrogens with zero attached hydrogens (tertiary/aromatic N) is 4.